The molecule has 0 aliphatic heterocycles. The number of benzene rings is 1. The summed E-state index contributed by atoms with van der Waals surface area (Å²) < 4.78 is 27.5. The van der Waals surface area contributed by atoms with Crippen LogP contribution in [0.1, 0.15) is 69.8 Å². The van der Waals surface area contributed by atoms with Gasteiger partial charge in [-0.1, -0.05) is 30.2 Å². The Labute approximate surface area is 149 Å². The first-order valence-electron chi connectivity index (χ1n) is 9.34. The fraction of sp³-hybridized carbons (Fsp3) is 0.619. The minimum atomic E-state index is -0.624. The van der Waals surface area contributed by atoms with Crippen molar-refractivity contribution < 1.29 is 8.78 Å². The summed E-state index contributed by atoms with van der Waals surface area (Å²) in [4.78, 5) is 0. The molecule has 4 atom stereocenters. The van der Waals surface area contributed by atoms with Crippen LogP contribution < -0.4 is 0 Å². The first kappa shape index (κ1) is 17.9. The molecular weight excluding hydrogens is 326 g/mol. The van der Waals surface area contributed by atoms with Crippen molar-refractivity contribution in [2.24, 2.45) is 17.8 Å². The molecule has 2 aliphatic carbocycles. The average molecular weight is 353 g/mol. The Morgan fingerprint density at radius 2 is 1.71 bits per heavy atom. The summed E-state index contributed by atoms with van der Waals surface area (Å²) in [5.74, 6) is 1.44. The molecule has 0 heterocycles. The van der Waals surface area contributed by atoms with Crippen molar-refractivity contribution in [1.29, 1.82) is 0 Å². The first-order valence-corrected chi connectivity index (χ1v) is 9.71. The zero-order valence-electron chi connectivity index (χ0n) is 14.4. The van der Waals surface area contributed by atoms with E-state index < -0.39 is 11.6 Å². The standard InChI is InChI=1S/C21H27ClF2/c1-2-3-4-5-14-6-7-16-11-17(9-8-15(16)10-14)18-12-19(23)21(22)20(24)13-18/h2-3,12-17H,4-11H2,1H3/t14-,15-,16-,17?/m1/s1. The Bertz CT molecular complexity index is 572. The molecule has 1 aromatic rings. The maximum Gasteiger partial charge on any atom is 0.145 e. The lowest BCUT2D eigenvalue weighted by Crippen LogP contribution is -2.30. The Morgan fingerprint density at radius 1 is 1.04 bits per heavy atom. The summed E-state index contributed by atoms with van der Waals surface area (Å²) in [7, 11) is 0. The van der Waals surface area contributed by atoms with Crippen LogP contribution in [0.5, 0.6) is 0 Å². The minimum absolute atomic E-state index is 0.284. The normalized spacial score (nSPS) is 30.5. The molecule has 0 saturated heterocycles. The van der Waals surface area contributed by atoms with E-state index in [-0.39, 0.29) is 10.9 Å². The number of hydrogen-bond acceptors (Lipinski definition) is 0. The number of fused-ring (bicyclic) bond motifs is 1. The van der Waals surface area contributed by atoms with Crippen LogP contribution in [0.25, 0.3) is 0 Å². The molecule has 2 saturated carbocycles. The molecule has 2 aliphatic rings. The molecule has 24 heavy (non-hydrogen) atoms. The fourth-order valence-electron chi connectivity index (χ4n) is 4.86. The Morgan fingerprint density at radius 3 is 2.42 bits per heavy atom. The molecule has 1 aromatic carbocycles. The Hall–Kier alpha value is -0.890. The van der Waals surface area contributed by atoms with E-state index in [1.165, 1.54) is 50.7 Å². The van der Waals surface area contributed by atoms with Gasteiger partial charge in [-0.05, 0) is 93.2 Å². The van der Waals surface area contributed by atoms with Gasteiger partial charge in [0.25, 0.3) is 0 Å². The molecule has 3 heteroatoms. The van der Waals surface area contributed by atoms with Gasteiger partial charge in [-0.25, -0.2) is 8.78 Å². The molecule has 2 fully saturated rings. The smallest absolute Gasteiger partial charge is 0.145 e. The van der Waals surface area contributed by atoms with Gasteiger partial charge < -0.3 is 0 Å². The average Bonchev–Trinajstić information content (AvgIpc) is 2.59. The van der Waals surface area contributed by atoms with Crippen molar-refractivity contribution in [1.82, 2.24) is 0 Å². The summed E-state index contributed by atoms with van der Waals surface area (Å²) in [5, 5.41) is -0.380. The third-order valence-electron chi connectivity index (χ3n) is 6.18. The monoisotopic (exact) mass is 352 g/mol. The van der Waals surface area contributed by atoms with E-state index in [1.807, 2.05) is 0 Å². The van der Waals surface area contributed by atoms with Crippen LogP contribution in [0.2, 0.25) is 5.02 Å². The van der Waals surface area contributed by atoms with E-state index in [0.29, 0.717) is 0 Å². The predicted octanol–water partition coefficient (Wildman–Crippen LogP) is 7.27. The zero-order chi connectivity index (χ0) is 17.1. The third-order valence-corrected chi connectivity index (χ3v) is 6.54. The van der Waals surface area contributed by atoms with Crippen molar-refractivity contribution in [3.8, 4) is 0 Å². The fourth-order valence-corrected chi connectivity index (χ4v) is 4.97. The molecule has 0 radical (unpaired) electrons. The predicted molar refractivity (Wildman–Crippen MR) is 96.3 cm³/mol. The Balaban J connectivity index is 1.60. The SMILES string of the molecule is CC=CCC[C@@H]1CC[C@@H]2CC(c3cc(F)c(Cl)c(F)c3)CC[C@@H]2C1. The van der Waals surface area contributed by atoms with Crippen molar-refractivity contribution >= 4 is 11.6 Å². The van der Waals surface area contributed by atoms with Crippen molar-refractivity contribution in [3.63, 3.8) is 0 Å². The lowest BCUT2D eigenvalue weighted by molar-refractivity contribution is 0.115. The quantitative estimate of drug-likeness (QED) is 0.394. The summed E-state index contributed by atoms with van der Waals surface area (Å²) in [6.07, 6.45) is 14.2. The molecule has 132 valence electrons. The summed E-state index contributed by atoms with van der Waals surface area (Å²) >= 11 is 5.61. The van der Waals surface area contributed by atoms with E-state index in [4.69, 9.17) is 11.6 Å². The van der Waals surface area contributed by atoms with Gasteiger partial charge in [0, 0.05) is 0 Å². The van der Waals surface area contributed by atoms with Gasteiger partial charge in [0.15, 0.2) is 0 Å². The zero-order valence-corrected chi connectivity index (χ0v) is 15.2. The summed E-state index contributed by atoms with van der Waals surface area (Å²) in [5.41, 5.74) is 0.794. The van der Waals surface area contributed by atoms with Gasteiger partial charge in [-0.2, -0.15) is 0 Å². The van der Waals surface area contributed by atoms with Crippen LogP contribution in [0.3, 0.4) is 0 Å². The molecule has 1 unspecified atom stereocenters. The van der Waals surface area contributed by atoms with Gasteiger partial charge in [0.2, 0.25) is 0 Å². The van der Waals surface area contributed by atoms with Crippen molar-refractivity contribution in [2.45, 2.75) is 64.2 Å². The molecule has 0 spiro atoms. The van der Waals surface area contributed by atoms with Crippen LogP contribution in [0.15, 0.2) is 24.3 Å². The number of allylic oxidation sites excluding steroid dienone is 2. The molecule has 0 bridgehead atoms. The second-order valence-electron chi connectivity index (χ2n) is 7.65. The van der Waals surface area contributed by atoms with Crippen molar-refractivity contribution in [2.75, 3.05) is 0 Å². The molecule has 0 N–H and O–H groups in total. The molecule has 0 nitrogen and oxygen atoms in total. The van der Waals surface area contributed by atoms with Crippen LogP contribution in [-0.2, 0) is 0 Å². The number of rotatable bonds is 4. The van der Waals surface area contributed by atoms with E-state index in [9.17, 15) is 8.78 Å². The van der Waals surface area contributed by atoms with Gasteiger partial charge in [0.1, 0.15) is 16.7 Å². The highest BCUT2D eigenvalue weighted by atomic mass is 35.5. The molecule has 3 rings (SSSR count). The van der Waals surface area contributed by atoms with E-state index in [0.717, 1.165) is 36.2 Å². The lowest BCUT2D eigenvalue weighted by atomic mass is 9.63. The van der Waals surface area contributed by atoms with Gasteiger partial charge in [-0.3, -0.25) is 0 Å². The number of halogens is 3. The van der Waals surface area contributed by atoms with Gasteiger partial charge in [-0.15, -0.1) is 0 Å². The second-order valence-corrected chi connectivity index (χ2v) is 8.03. The highest BCUT2D eigenvalue weighted by Crippen LogP contribution is 2.48. The maximum absolute atomic E-state index is 13.7. The summed E-state index contributed by atoms with van der Waals surface area (Å²) in [6.45, 7) is 2.08. The topological polar surface area (TPSA) is 0 Å². The third kappa shape index (κ3) is 4.02. The van der Waals surface area contributed by atoms with E-state index >= 15 is 0 Å². The lowest BCUT2D eigenvalue weighted by Gasteiger charge is -2.42. The van der Waals surface area contributed by atoms with Crippen LogP contribution in [0.4, 0.5) is 8.78 Å². The van der Waals surface area contributed by atoms with Crippen LogP contribution in [0, 0.1) is 29.4 Å². The summed E-state index contributed by atoms with van der Waals surface area (Å²) in [6, 6.07) is 2.89. The largest absolute Gasteiger partial charge is 0.205 e. The van der Waals surface area contributed by atoms with Gasteiger partial charge >= 0.3 is 0 Å². The van der Waals surface area contributed by atoms with E-state index in [2.05, 4.69) is 19.1 Å². The second kappa shape index (κ2) is 7.99. The van der Waals surface area contributed by atoms with Crippen LogP contribution >= 0.6 is 11.6 Å². The van der Waals surface area contributed by atoms with Crippen LogP contribution in [-0.4, -0.2) is 0 Å². The highest BCUT2D eigenvalue weighted by Gasteiger charge is 2.36. The number of hydrogen-bond donors (Lipinski definition) is 0. The molecule has 0 amide bonds. The van der Waals surface area contributed by atoms with Gasteiger partial charge in [0.05, 0.1) is 0 Å². The molecular formula is C21H27ClF2. The molecule has 0 aromatic heterocycles. The van der Waals surface area contributed by atoms with E-state index in [1.54, 1.807) is 0 Å². The maximum atomic E-state index is 13.7. The highest BCUT2D eigenvalue weighted by molar-refractivity contribution is 6.30. The van der Waals surface area contributed by atoms with Crippen molar-refractivity contribution in [3.05, 3.63) is 46.5 Å². The Kier molecular flexibility index (Phi) is 5.97. The first-order chi connectivity index (χ1) is 11.6. The minimum Gasteiger partial charge on any atom is -0.205 e.